The van der Waals surface area contributed by atoms with E-state index >= 15 is 0 Å². The molecular weight excluding hydrogens is 337 g/mol. The van der Waals surface area contributed by atoms with Crippen LogP contribution in [-0.4, -0.2) is 30.8 Å². The van der Waals surface area contributed by atoms with Crippen molar-refractivity contribution < 1.29 is 4.39 Å². The van der Waals surface area contributed by atoms with Gasteiger partial charge < -0.3 is 15.5 Å². The zero-order chi connectivity index (χ0) is 18.9. The Labute approximate surface area is 161 Å². The Morgan fingerprint density at radius 3 is 2.63 bits per heavy atom. The van der Waals surface area contributed by atoms with Gasteiger partial charge in [-0.25, -0.2) is 4.39 Å². The molecule has 0 amide bonds. The monoisotopic (exact) mass is 367 g/mol. The van der Waals surface area contributed by atoms with Gasteiger partial charge in [-0.2, -0.15) is 0 Å². The lowest BCUT2D eigenvalue weighted by atomic mass is 9.68. The van der Waals surface area contributed by atoms with E-state index in [9.17, 15) is 4.39 Å². The molecule has 1 aromatic rings. The molecule has 3 nitrogen and oxygen atoms in total. The van der Waals surface area contributed by atoms with Gasteiger partial charge in [0.05, 0.1) is 11.7 Å². The smallest absolute Gasteiger partial charge is 0.123 e. The molecular formula is C23H30FN3. The van der Waals surface area contributed by atoms with Crippen molar-refractivity contribution in [1.82, 2.24) is 0 Å². The first-order valence-electron chi connectivity index (χ1n) is 10.4. The van der Waals surface area contributed by atoms with Crippen molar-refractivity contribution in [2.45, 2.75) is 63.7 Å². The minimum absolute atomic E-state index is 0.0191. The number of anilines is 2. The molecule has 2 saturated carbocycles. The molecule has 2 aliphatic heterocycles. The summed E-state index contributed by atoms with van der Waals surface area (Å²) in [5.41, 5.74) is 13.7. The maximum atomic E-state index is 13.9. The molecule has 1 saturated heterocycles. The number of fused-ring (bicyclic) bond motifs is 1. The quantitative estimate of drug-likeness (QED) is 0.851. The van der Waals surface area contributed by atoms with Crippen LogP contribution < -0.4 is 15.5 Å². The van der Waals surface area contributed by atoms with Crippen LogP contribution in [0.2, 0.25) is 0 Å². The average Bonchev–Trinajstić information content (AvgIpc) is 3.14. The highest BCUT2D eigenvalue weighted by Crippen LogP contribution is 2.48. The second-order valence-electron chi connectivity index (χ2n) is 9.14. The lowest BCUT2D eigenvalue weighted by molar-refractivity contribution is 0.166. The first kappa shape index (κ1) is 17.3. The van der Waals surface area contributed by atoms with Crippen LogP contribution >= 0.6 is 0 Å². The molecule has 27 heavy (non-hydrogen) atoms. The number of hydrogen-bond acceptors (Lipinski definition) is 3. The van der Waals surface area contributed by atoms with E-state index in [4.69, 9.17) is 5.73 Å². The van der Waals surface area contributed by atoms with E-state index in [2.05, 4.69) is 48.6 Å². The van der Waals surface area contributed by atoms with E-state index in [-0.39, 0.29) is 11.6 Å². The number of nitrogens with two attached hydrogens (primary N) is 1. The summed E-state index contributed by atoms with van der Waals surface area (Å²) in [7, 11) is 0. The molecule has 3 fully saturated rings. The first-order chi connectivity index (χ1) is 12.9. The number of nitrogens with zero attached hydrogens (tertiary/aromatic N) is 2. The van der Waals surface area contributed by atoms with E-state index in [0.717, 1.165) is 35.5 Å². The van der Waals surface area contributed by atoms with Gasteiger partial charge in [0.25, 0.3) is 0 Å². The van der Waals surface area contributed by atoms with Crippen molar-refractivity contribution in [3.63, 3.8) is 0 Å². The van der Waals surface area contributed by atoms with Gasteiger partial charge in [0.1, 0.15) is 6.17 Å². The van der Waals surface area contributed by atoms with Gasteiger partial charge >= 0.3 is 0 Å². The van der Waals surface area contributed by atoms with Crippen LogP contribution in [0.25, 0.3) is 5.57 Å². The predicted octanol–water partition coefficient (Wildman–Crippen LogP) is 4.55. The van der Waals surface area contributed by atoms with Gasteiger partial charge in [0.15, 0.2) is 0 Å². The molecule has 1 aromatic carbocycles. The van der Waals surface area contributed by atoms with E-state index in [1.54, 1.807) is 0 Å². The summed E-state index contributed by atoms with van der Waals surface area (Å²) in [6.45, 7) is 10.6. The molecule has 2 N–H and O–H groups in total. The first-order valence-corrected chi connectivity index (χ1v) is 10.4. The number of allylic oxidation sites excluding steroid dienone is 2. The summed E-state index contributed by atoms with van der Waals surface area (Å²) < 4.78 is 13.9. The summed E-state index contributed by atoms with van der Waals surface area (Å²) >= 11 is 0. The van der Waals surface area contributed by atoms with Crippen LogP contribution in [0, 0.1) is 12.8 Å². The number of hydrogen-bond donors (Lipinski definition) is 1. The maximum absolute atomic E-state index is 13.9. The molecule has 0 spiro atoms. The fourth-order valence-corrected chi connectivity index (χ4v) is 5.31. The third kappa shape index (κ3) is 2.56. The highest BCUT2D eigenvalue weighted by molar-refractivity contribution is 5.92. The Morgan fingerprint density at radius 1 is 1.26 bits per heavy atom. The molecule has 4 heteroatoms. The summed E-state index contributed by atoms with van der Waals surface area (Å²) in [5.74, 6) is 0.591. The van der Waals surface area contributed by atoms with Crippen LogP contribution in [-0.2, 0) is 0 Å². The lowest BCUT2D eigenvalue weighted by Gasteiger charge is -2.43. The Bertz CT molecular complexity index is 838. The molecule has 2 heterocycles. The molecule has 144 valence electrons. The van der Waals surface area contributed by atoms with Crippen molar-refractivity contribution in [3.05, 3.63) is 41.6 Å². The van der Waals surface area contributed by atoms with Crippen molar-refractivity contribution >= 4 is 16.9 Å². The minimum Gasteiger partial charge on any atom is -0.371 e. The summed E-state index contributed by atoms with van der Waals surface area (Å²) in [4.78, 5) is 4.67. The normalized spacial score (nSPS) is 31.5. The molecule has 5 rings (SSSR count). The van der Waals surface area contributed by atoms with Crippen LogP contribution in [0.4, 0.5) is 15.8 Å². The molecule has 0 radical (unpaired) electrons. The van der Waals surface area contributed by atoms with Crippen molar-refractivity contribution in [2.24, 2.45) is 11.7 Å². The van der Waals surface area contributed by atoms with Gasteiger partial charge in [0, 0.05) is 42.5 Å². The van der Waals surface area contributed by atoms with Crippen molar-refractivity contribution in [1.29, 1.82) is 0 Å². The summed E-state index contributed by atoms with van der Waals surface area (Å²) in [6.07, 6.45) is 6.81. The Balaban J connectivity index is 1.49. The highest BCUT2D eigenvalue weighted by Gasteiger charge is 2.46. The molecule has 3 unspecified atom stereocenters. The van der Waals surface area contributed by atoms with Crippen LogP contribution in [0.15, 0.2) is 30.5 Å². The predicted molar refractivity (Wildman–Crippen MR) is 111 cm³/mol. The second-order valence-corrected chi connectivity index (χ2v) is 9.14. The number of benzene rings is 1. The van der Waals surface area contributed by atoms with E-state index in [1.807, 2.05) is 0 Å². The van der Waals surface area contributed by atoms with Crippen molar-refractivity contribution in [3.8, 4) is 0 Å². The third-order valence-electron chi connectivity index (χ3n) is 7.46. The topological polar surface area (TPSA) is 32.5 Å². The van der Waals surface area contributed by atoms with Gasteiger partial charge in [-0.15, -0.1) is 0 Å². The molecule has 3 atom stereocenters. The largest absolute Gasteiger partial charge is 0.371 e. The Morgan fingerprint density at radius 2 is 2.00 bits per heavy atom. The van der Waals surface area contributed by atoms with Crippen molar-refractivity contribution in [2.75, 3.05) is 22.9 Å². The Kier molecular flexibility index (Phi) is 3.74. The lowest BCUT2D eigenvalue weighted by Crippen LogP contribution is -2.53. The SMILES string of the molecule is C=C1C(C)=CN(C2CC2F)c2c1ccc(N1CCC(C3(N)CCC3)C1)c2C. The number of halogens is 1. The molecule has 2 aliphatic carbocycles. The number of alkyl halides is 1. The summed E-state index contributed by atoms with van der Waals surface area (Å²) in [5, 5.41) is 0. The highest BCUT2D eigenvalue weighted by atomic mass is 19.1. The third-order valence-corrected chi connectivity index (χ3v) is 7.46. The van der Waals surface area contributed by atoms with Gasteiger partial charge in [-0.1, -0.05) is 12.6 Å². The standard InChI is InChI=1S/C23H30FN3/c1-14-12-27(21-11-19(21)24)22-16(3)20(6-5-18(22)15(14)2)26-10-7-17(13-26)23(25)8-4-9-23/h5-6,12,17,19,21H,2,4,7-11,13,25H2,1,3H3. The second kappa shape index (κ2) is 5.84. The molecule has 4 aliphatic rings. The van der Waals surface area contributed by atoms with Crippen LogP contribution in [0.5, 0.6) is 0 Å². The van der Waals surface area contributed by atoms with Gasteiger partial charge in [-0.05, 0) is 68.2 Å². The Hall–Kier alpha value is -1.81. The summed E-state index contributed by atoms with van der Waals surface area (Å²) in [6, 6.07) is 4.41. The minimum atomic E-state index is -0.719. The number of rotatable bonds is 3. The molecule has 0 aromatic heterocycles. The molecule has 0 bridgehead atoms. The fraction of sp³-hybridized carbons (Fsp3) is 0.565. The fourth-order valence-electron chi connectivity index (χ4n) is 5.31. The zero-order valence-electron chi connectivity index (χ0n) is 16.5. The van der Waals surface area contributed by atoms with E-state index in [1.165, 1.54) is 36.9 Å². The maximum Gasteiger partial charge on any atom is 0.123 e. The van der Waals surface area contributed by atoms with Crippen LogP contribution in [0.3, 0.4) is 0 Å². The zero-order valence-corrected chi connectivity index (χ0v) is 16.5. The van der Waals surface area contributed by atoms with E-state index < -0.39 is 6.17 Å². The van der Waals surface area contributed by atoms with Gasteiger partial charge in [-0.3, -0.25) is 0 Å². The van der Waals surface area contributed by atoms with E-state index in [0.29, 0.717) is 12.3 Å². The average molecular weight is 368 g/mol. The van der Waals surface area contributed by atoms with Gasteiger partial charge in [0.2, 0.25) is 0 Å². The van der Waals surface area contributed by atoms with Crippen LogP contribution in [0.1, 0.15) is 50.2 Å².